The van der Waals surface area contributed by atoms with Crippen molar-refractivity contribution in [1.82, 2.24) is 0 Å². The average Bonchev–Trinajstić information content (AvgIpc) is 2.96. The highest BCUT2D eigenvalue weighted by molar-refractivity contribution is 5.72. The molecule has 0 spiro atoms. The summed E-state index contributed by atoms with van der Waals surface area (Å²) in [6, 6.07) is 0. The molecule has 1 aliphatic heterocycles. The molecule has 3 heteroatoms. The molecular formula is C17H30O3. The first-order valence-electron chi connectivity index (χ1n) is 8.04. The van der Waals surface area contributed by atoms with Gasteiger partial charge in [0, 0.05) is 0 Å². The van der Waals surface area contributed by atoms with Crippen molar-refractivity contribution in [3.8, 4) is 0 Å². The number of rotatable bonds is 5. The Morgan fingerprint density at radius 1 is 1.45 bits per heavy atom. The summed E-state index contributed by atoms with van der Waals surface area (Å²) in [6.07, 6.45) is 5.21. The van der Waals surface area contributed by atoms with E-state index in [-0.39, 0.29) is 17.5 Å². The minimum Gasteiger partial charge on any atom is -0.465 e. The van der Waals surface area contributed by atoms with Gasteiger partial charge in [0.1, 0.15) is 0 Å². The normalized spacial score (nSPS) is 34.2. The molecule has 0 aromatic carbocycles. The SMILES string of the molecule is CC(CCOC(=O)C1CCC2(C)OC2C1)CC(C)(C)C. The van der Waals surface area contributed by atoms with Crippen LogP contribution in [0, 0.1) is 17.3 Å². The summed E-state index contributed by atoms with van der Waals surface area (Å²) in [5.41, 5.74) is 0.429. The maximum atomic E-state index is 12.1. The first-order valence-corrected chi connectivity index (χ1v) is 8.04. The van der Waals surface area contributed by atoms with Crippen LogP contribution >= 0.6 is 0 Å². The van der Waals surface area contributed by atoms with Crippen molar-refractivity contribution in [2.45, 2.75) is 78.4 Å². The fraction of sp³-hybridized carbons (Fsp3) is 0.941. The average molecular weight is 282 g/mol. The Hall–Kier alpha value is -0.570. The number of epoxide rings is 1. The standard InChI is InChI=1S/C17H30O3/c1-12(11-16(2,3)4)7-9-19-15(18)13-6-8-17(5)14(10-13)20-17/h12-14H,6-11H2,1-5H3. The van der Waals surface area contributed by atoms with Crippen LogP contribution in [-0.2, 0) is 14.3 Å². The number of esters is 1. The molecule has 2 aliphatic rings. The van der Waals surface area contributed by atoms with Gasteiger partial charge in [0.05, 0.1) is 24.2 Å². The molecule has 2 rings (SSSR count). The van der Waals surface area contributed by atoms with E-state index < -0.39 is 0 Å². The van der Waals surface area contributed by atoms with Gasteiger partial charge in [-0.15, -0.1) is 0 Å². The zero-order chi connectivity index (χ0) is 15.0. The van der Waals surface area contributed by atoms with Crippen LogP contribution in [0.25, 0.3) is 0 Å². The number of carbonyl (C=O) groups is 1. The van der Waals surface area contributed by atoms with Crippen molar-refractivity contribution < 1.29 is 14.3 Å². The van der Waals surface area contributed by atoms with Crippen molar-refractivity contribution in [2.75, 3.05) is 6.61 Å². The van der Waals surface area contributed by atoms with Crippen LogP contribution in [-0.4, -0.2) is 24.3 Å². The summed E-state index contributed by atoms with van der Waals surface area (Å²) in [5.74, 6) is 0.656. The fourth-order valence-corrected chi connectivity index (χ4v) is 3.49. The number of carbonyl (C=O) groups excluding carboxylic acids is 1. The van der Waals surface area contributed by atoms with Gasteiger partial charge in [-0.05, 0) is 50.4 Å². The van der Waals surface area contributed by atoms with Crippen LogP contribution < -0.4 is 0 Å². The van der Waals surface area contributed by atoms with Crippen LogP contribution in [0.2, 0.25) is 0 Å². The maximum Gasteiger partial charge on any atom is 0.309 e. The molecule has 4 unspecified atom stereocenters. The quantitative estimate of drug-likeness (QED) is 0.566. The van der Waals surface area contributed by atoms with Crippen LogP contribution in [0.1, 0.15) is 66.7 Å². The van der Waals surface area contributed by atoms with E-state index in [1.165, 1.54) is 6.42 Å². The minimum atomic E-state index is -0.00879. The summed E-state index contributed by atoms with van der Waals surface area (Å²) < 4.78 is 11.1. The molecule has 3 nitrogen and oxygen atoms in total. The van der Waals surface area contributed by atoms with E-state index in [4.69, 9.17) is 9.47 Å². The highest BCUT2D eigenvalue weighted by atomic mass is 16.6. The molecule has 1 saturated carbocycles. The summed E-state index contributed by atoms with van der Waals surface area (Å²) in [5, 5.41) is 0. The molecule has 0 bridgehead atoms. The lowest BCUT2D eigenvalue weighted by atomic mass is 9.83. The zero-order valence-electron chi connectivity index (χ0n) is 13.7. The maximum absolute atomic E-state index is 12.1. The Morgan fingerprint density at radius 2 is 2.15 bits per heavy atom. The molecule has 1 aliphatic carbocycles. The molecule has 1 heterocycles. The fourth-order valence-electron chi connectivity index (χ4n) is 3.49. The minimum absolute atomic E-state index is 0.00879. The van der Waals surface area contributed by atoms with Gasteiger partial charge >= 0.3 is 5.97 Å². The number of hydrogen-bond donors (Lipinski definition) is 0. The van der Waals surface area contributed by atoms with Crippen LogP contribution in [0.4, 0.5) is 0 Å². The largest absolute Gasteiger partial charge is 0.465 e. The second-order valence-electron chi connectivity index (χ2n) is 8.22. The van der Waals surface area contributed by atoms with Gasteiger partial charge in [0.15, 0.2) is 0 Å². The highest BCUT2D eigenvalue weighted by Crippen LogP contribution is 2.49. The monoisotopic (exact) mass is 282 g/mol. The zero-order valence-corrected chi connectivity index (χ0v) is 13.7. The first kappa shape index (κ1) is 15.8. The first-order chi connectivity index (χ1) is 9.20. The van der Waals surface area contributed by atoms with Crippen molar-refractivity contribution in [1.29, 1.82) is 0 Å². The summed E-state index contributed by atoms with van der Waals surface area (Å²) in [4.78, 5) is 12.1. The Labute approximate surface area is 123 Å². The Kier molecular flexibility index (Phi) is 4.48. The molecule has 0 aromatic heterocycles. The van der Waals surface area contributed by atoms with E-state index in [0.29, 0.717) is 24.0 Å². The molecule has 4 atom stereocenters. The number of ether oxygens (including phenoxy) is 2. The predicted molar refractivity (Wildman–Crippen MR) is 79.4 cm³/mol. The smallest absolute Gasteiger partial charge is 0.309 e. The third-order valence-electron chi connectivity index (χ3n) is 4.67. The van der Waals surface area contributed by atoms with Gasteiger partial charge < -0.3 is 9.47 Å². The molecule has 20 heavy (non-hydrogen) atoms. The van der Waals surface area contributed by atoms with E-state index >= 15 is 0 Å². The molecule has 116 valence electrons. The van der Waals surface area contributed by atoms with Crippen molar-refractivity contribution in [2.24, 2.45) is 17.3 Å². The van der Waals surface area contributed by atoms with Gasteiger partial charge in [-0.3, -0.25) is 4.79 Å². The van der Waals surface area contributed by atoms with E-state index in [2.05, 4.69) is 34.6 Å². The molecule has 0 N–H and O–H groups in total. The topological polar surface area (TPSA) is 38.8 Å². The van der Waals surface area contributed by atoms with Crippen molar-refractivity contribution >= 4 is 5.97 Å². The third-order valence-corrected chi connectivity index (χ3v) is 4.67. The molecule has 0 radical (unpaired) electrons. The van der Waals surface area contributed by atoms with E-state index in [0.717, 1.165) is 25.7 Å². The van der Waals surface area contributed by atoms with Gasteiger partial charge in [-0.2, -0.15) is 0 Å². The Bertz CT molecular complexity index is 358. The van der Waals surface area contributed by atoms with Gasteiger partial charge in [-0.1, -0.05) is 27.7 Å². The molecule has 0 amide bonds. The van der Waals surface area contributed by atoms with Gasteiger partial charge in [0.25, 0.3) is 0 Å². The third kappa shape index (κ3) is 4.21. The number of fused-ring (bicyclic) bond motifs is 1. The Balaban J connectivity index is 1.63. The lowest BCUT2D eigenvalue weighted by molar-refractivity contribution is -0.149. The van der Waals surface area contributed by atoms with E-state index in [1.54, 1.807) is 0 Å². The summed E-state index contributed by atoms with van der Waals surface area (Å²) >= 11 is 0. The van der Waals surface area contributed by atoms with Crippen LogP contribution in [0.3, 0.4) is 0 Å². The lowest BCUT2D eigenvalue weighted by Crippen LogP contribution is -2.28. The highest BCUT2D eigenvalue weighted by Gasteiger charge is 2.56. The summed E-state index contributed by atoms with van der Waals surface area (Å²) in [6.45, 7) is 11.7. The molecule has 1 saturated heterocycles. The second kappa shape index (κ2) is 5.67. The molecular weight excluding hydrogens is 252 g/mol. The molecule has 0 aromatic rings. The Morgan fingerprint density at radius 3 is 2.75 bits per heavy atom. The van der Waals surface area contributed by atoms with Crippen LogP contribution in [0.15, 0.2) is 0 Å². The molecule has 2 fully saturated rings. The lowest BCUT2D eigenvalue weighted by Gasteiger charge is -2.24. The summed E-state index contributed by atoms with van der Waals surface area (Å²) in [7, 11) is 0. The van der Waals surface area contributed by atoms with Gasteiger partial charge in [0.2, 0.25) is 0 Å². The second-order valence-corrected chi connectivity index (χ2v) is 8.22. The van der Waals surface area contributed by atoms with Crippen molar-refractivity contribution in [3.63, 3.8) is 0 Å². The predicted octanol–water partition coefficient (Wildman–Crippen LogP) is 3.95. The van der Waals surface area contributed by atoms with Crippen molar-refractivity contribution in [3.05, 3.63) is 0 Å². The van der Waals surface area contributed by atoms with E-state index in [9.17, 15) is 4.79 Å². The van der Waals surface area contributed by atoms with Gasteiger partial charge in [-0.25, -0.2) is 0 Å². The number of hydrogen-bond acceptors (Lipinski definition) is 3. The van der Waals surface area contributed by atoms with Crippen LogP contribution in [0.5, 0.6) is 0 Å². The van der Waals surface area contributed by atoms with E-state index in [1.807, 2.05) is 0 Å².